The number of rotatable bonds is 0. The van der Waals surface area contributed by atoms with E-state index in [1.165, 1.54) is 23.1 Å². The van der Waals surface area contributed by atoms with E-state index in [1.807, 2.05) is 36.4 Å². The summed E-state index contributed by atoms with van der Waals surface area (Å²) in [6.45, 7) is 2.88. The van der Waals surface area contributed by atoms with Crippen molar-refractivity contribution in [3.63, 3.8) is 0 Å². The number of halogens is 1. The van der Waals surface area contributed by atoms with Crippen molar-refractivity contribution in [3.8, 4) is 5.75 Å². The number of benzene rings is 2. The van der Waals surface area contributed by atoms with Crippen LogP contribution in [0.25, 0.3) is 0 Å². The van der Waals surface area contributed by atoms with Crippen molar-refractivity contribution in [2.45, 2.75) is 62.1 Å². The molecule has 1 amide bonds. The molecule has 5 aliphatic rings. The summed E-state index contributed by atoms with van der Waals surface area (Å²) < 4.78 is 15.9. The van der Waals surface area contributed by atoms with E-state index in [-0.39, 0.29) is 17.4 Å². The number of aryl methyl sites for hydroxylation is 1. The van der Waals surface area contributed by atoms with Gasteiger partial charge >= 0.3 is 0 Å². The molecule has 2 N–H and O–H groups in total. The average Bonchev–Trinajstić information content (AvgIpc) is 3.07. The molecule has 1 saturated carbocycles. The third kappa shape index (κ3) is 4.93. The number of carbonyl (C=O) groups is 1. The predicted octanol–water partition coefficient (Wildman–Crippen LogP) is 5.70. The number of amides is 1. The fourth-order valence-corrected chi connectivity index (χ4v) is 8.37. The highest BCUT2D eigenvalue weighted by Crippen LogP contribution is 2.48. The van der Waals surface area contributed by atoms with Crippen LogP contribution in [0, 0.1) is 11.8 Å². The Balaban J connectivity index is 1.27. The Hall–Kier alpha value is -2.19. The van der Waals surface area contributed by atoms with E-state index in [0.717, 1.165) is 61.7 Å². The SMILES string of the molecule is O=C1NSC/C=C\[C@]2(O)CCO[C@H](C2)[C@@H]2CC[C@H]2CN2C[C@@]3(CCCc4cc(Cl)ccc43)COc3ccc1cc32. The smallest absolute Gasteiger partial charge is 0.261 e. The van der Waals surface area contributed by atoms with Crippen molar-refractivity contribution in [1.82, 2.24) is 4.72 Å². The van der Waals surface area contributed by atoms with Crippen LogP contribution in [0.5, 0.6) is 5.75 Å². The second kappa shape index (κ2) is 10.6. The number of hydrogen-bond donors (Lipinski definition) is 2. The molecule has 3 aliphatic heterocycles. The van der Waals surface area contributed by atoms with Gasteiger partial charge in [-0.05, 0) is 97.3 Å². The molecule has 0 aromatic heterocycles. The van der Waals surface area contributed by atoms with Gasteiger partial charge in [-0.2, -0.15) is 0 Å². The summed E-state index contributed by atoms with van der Waals surface area (Å²) in [4.78, 5) is 15.6. The highest BCUT2D eigenvalue weighted by molar-refractivity contribution is 7.98. The van der Waals surface area contributed by atoms with Crippen LogP contribution in [0.2, 0.25) is 5.02 Å². The average molecular weight is 581 g/mol. The largest absolute Gasteiger partial charge is 0.490 e. The number of fused-ring (bicyclic) bond motifs is 7. The number of nitrogens with zero attached hydrogens (tertiary/aromatic N) is 1. The third-order valence-electron chi connectivity index (χ3n) is 9.90. The van der Waals surface area contributed by atoms with Crippen molar-refractivity contribution < 1.29 is 19.4 Å². The third-order valence-corrected chi connectivity index (χ3v) is 10.8. The fourth-order valence-electron chi connectivity index (χ4n) is 7.65. The molecule has 40 heavy (non-hydrogen) atoms. The quantitative estimate of drug-likeness (QED) is 0.308. The zero-order chi connectivity index (χ0) is 27.3. The zero-order valence-corrected chi connectivity index (χ0v) is 24.3. The topological polar surface area (TPSA) is 71.0 Å². The number of hydrogen-bond acceptors (Lipinski definition) is 6. The van der Waals surface area contributed by atoms with Crippen molar-refractivity contribution in [1.29, 1.82) is 0 Å². The Morgan fingerprint density at radius 3 is 2.95 bits per heavy atom. The van der Waals surface area contributed by atoms with E-state index in [4.69, 9.17) is 21.1 Å². The van der Waals surface area contributed by atoms with Crippen molar-refractivity contribution in [3.05, 3.63) is 70.3 Å². The fraction of sp³-hybridized carbons (Fsp3) is 0.531. The van der Waals surface area contributed by atoms with E-state index in [1.54, 1.807) is 0 Å². The van der Waals surface area contributed by atoms with E-state index in [9.17, 15) is 9.90 Å². The maximum absolute atomic E-state index is 13.1. The Bertz CT molecular complexity index is 1340. The molecule has 1 spiro atoms. The molecule has 7 rings (SSSR count). The Morgan fingerprint density at radius 2 is 2.08 bits per heavy atom. The van der Waals surface area contributed by atoms with E-state index < -0.39 is 5.60 Å². The molecular weight excluding hydrogens is 544 g/mol. The number of anilines is 1. The minimum absolute atomic E-state index is 0.0583. The number of carbonyl (C=O) groups excluding carboxylic acids is 1. The lowest BCUT2D eigenvalue weighted by Gasteiger charge is -2.48. The predicted molar refractivity (Wildman–Crippen MR) is 159 cm³/mol. The second-order valence-corrected chi connectivity index (χ2v) is 13.7. The molecular formula is C32H37ClN2O4S. The molecule has 6 nitrogen and oxygen atoms in total. The van der Waals surface area contributed by atoms with Crippen LogP contribution in [0.4, 0.5) is 5.69 Å². The lowest BCUT2D eigenvalue weighted by Crippen LogP contribution is -2.52. The van der Waals surface area contributed by atoms with Crippen molar-refractivity contribution >= 4 is 35.1 Å². The minimum atomic E-state index is -0.851. The van der Waals surface area contributed by atoms with E-state index >= 15 is 0 Å². The Labute approximate surface area is 245 Å². The standard InChI is InChI=1S/C32H37ClN2O4S/c33-24-6-8-26-21(15-24)3-1-10-31(26)19-35-18-23-4-7-25(23)29-17-32(37,12-13-38-29)11-2-14-40-34-30(36)22-5-9-28(39-20-31)27(35)16-22/h2,5-6,8-9,11,15-16,23,25,29,37H,1,3-4,7,10,12-14,17-20H2,(H,34,36)/b11-2-/t23-,25+,29+,31-,32-/m0/s1. The van der Waals surface area contributed by atoms with Gasteiger partial charge in [0.15, 0.2) is 0 Å². The highest BCUT2D eigenvalue weighted by atomic mass is 35.5. The summed E-state index contributed by atoms with van der Waals surface area (Å²) in [5.41, 5.74) is 3.29. The zero-order valence-electron chi connectivity index (χ0n) is 22.7. The molecule has 4 bridgehead atoms. The summed E-state index contributed by atoms with van der Waals surface area (Å²) in [6, 6.07) is 12.2. The first kappa shape index (κ1) is 26.7. The molecule has 0 radical (unpaired) electrons. The monoisotopic (exact) mass is 580 g/mol. The van der Waals surface area contributed by atoms with Gasteiger partial charge in [-0.15, -0.1) is 0 Å². The summed E-state index contributed by atoms with van der Waals surface area (Å²) >= 11 is 7.76. The van der Waals surface area contributed by atoms with Gasteiger partial charge in [-0.3, -0.25) is 9.52 Å². The summed E-state index contributed by atoms with van der Waals surface area (Å²) in [5.74, 6) is 2.18. The van der Waals surface area contributed by atoms with Crippen LogP contribution in [-0.4, -0.2) is 54.8 Å². The van der Waals surface area contributed by atoms with Gasteiger partial charge in [0.2, 0.25) is 0 Å². The van der Waals surface area contributed by atoms with Crippen LogP contribution in [0.1, 0.15) is 60.0 Å². The summed E-state index contributed by atoms with van der Waals surface area (Å²) in [5, 5.41) is 12.1. The van der Waals surface area contributed by atoms with Crippen molar-refractivity contribution in [2.24, 2.45) is 11.8 Å². The van der Waals surface area contributed by atoms with Crippen LogP contribution in [0.3, 0.4) is 0 Å². The number of nitrogens with one attached hydrogen (secondary N) is 1. The second-order valence-electron chi connectivity index (χ2n) is 12.4. The van der Waals surface area contributed by atoms with Gasteiger partial charge in [0, 0.05) is 47.7 Å². The van der Waals surface area contributed by atoms with Gasteiger partial charge in [-0.1, -0.05) is 29.8 Å². The first-order valence-electron chi connectivity index (χ1n) is 14.7. The van der Waals surface area contributed by atoms with Gasteiger partial charge in [0.1, 0.15) is 5.75 Å². The molecule has 5 atom stereocenters. The first-order chi connectivity index (χ1) is 19.4. The van der Waals surface area contributed by atoms with Gasteiger partial charge in [0.25, 0.3) is 5.91 Å². The molecule has 212 valence electrons. The molecule has 2 aliphatic carbocycles. The lowest BCUT2D eigenvalue weighted by atomic mass is 9.66. The van der Waals surface area contributed by atoms with E-state index in [0.29, 0.717) is 49.2 Å². The minimum Gasteiger partial charge on any atom is -0.490 e. The Kier molecular flexibility index (Phi) is 7.06. The number of ether oxygens (including phenoxy) is 2. The van der Waals surface area contributed by atoms with Crippen LogP contribution >= 0.6 is 23.5 Å². The molecule has 2 aromatic carbocycles. The van der Waals surface area contributed by atoms with Crippen LogP contribution < -0.4 is 14.4 Å². The lowest BCUT2D eigenvalue weighted by molar-refractivity contribution is -0.125. The maximum Gasteiger partial charge on any atom is 0.261 e. The molecule has 8 heteroatoms. The highest BCUT2D eigenvalue weighted by Gasteiger charge is 2.46. The van der Waals surface area contributed by atoms with Crippen molar-refractivity contribution in [2.75, 3.05) is 37.0 Å². The molecule has 3 heterocycles. The molecule has 2 fully saturated rings. The van der Waals surface area contributed by atoms with Crippen LogP contribution in [-0.2, 0) is 16.6 Å². The Morgan fingerprint density at radius 1 is 1.15 bits per heavy atom. The van der Waals surface area contributed by atoms with Gasteiger partial charge in [-0.25, -0.2) is 0 Å². The first-order valence-corrected chi connectivity index (χ1v) is 16.0. The molecule has 2 aromatic rings. The number of aliphatic hydroxyl groups is 1. The molecule has 1 saturated heterocycles. The summed E-state index contributed by atoms with van der Waals surface area (Å²) in [6.07, 6.45) is 10.6. The summed E-state index contributed by atoms with van der Waals surface area (Å²) in [7, 11) is 0. The normalized spacial score (nSPS) is 34.4. The van der Waals surface area contributed by atoms with E-state index in [2.05, 4.69) is 21.8 Å². The van der Waals surface area contributed by atoms with Gasteiger partial charge in [0.05, 0.1) is 30.6 Å². The molecule has 0 unspecified atom stereocenters. The van der Waals surface area contributed by atoms with Gasteiger partial charge < -0.3 is 19.5 Å². The maximum atomic E-state index is 13.1. The van der Waals surface area contributed by atoms with Crippen LogP contribution in [0.15, 0.2) is 48.6 Å².